The lowest BCUT2D eigenvalue weighted by atomic mass is 10.0. The van der Waals surface area contributed by atoms with Gasteiger partial charge in [0.15, 0.2) is 0 Å². The van der Waals surface area contributed by atoms with Crippen molar-refractivity contribution in [3.05, 3.63) is 71.8 Å². The highest BCUT2D eigenvalue weighted by atomic mass is 32.1. The highest BCUT2D eigenvalue weighted by Gasteiger charge is 2.23. The van der Waals surface area contributed by atoms with E-state index in [-0.39, 0.29) is 18.9 Å². The van der Waals surface area contributed by atoms with E-state index in [0.717, 1.165) is 16.3 Å². The smallest absolute Gasteiger partial charge is 0.244 e. The van der Waals surface area contributed by atoms with Gasteiger partial charge < -0.3 is 10.6 Å². The predicted octanol–water partition coefficient (Wildman–Crippen LogP) is 3.66. The first kappa shape index (κ1) is 18.2. The van der Waals surface area contributed by atoms with E-state index in [1.54, 1.807) is 11.6 Å². The van der Waals surface area contributed by atoms with Crippen molar-refractivity contribution in [3.8, 4) is 0 Å². The van der Waals surface area contributed by atoms with Crippen molar-refractivity contribution in [1.82, 2.24) is 4.98 Å². The summed E-state index contributed by atoms with van der Waals surface area (Å²) < 4.78 is 27.7. The first-order chi connectivity index (χ1) is 12.5. The molecule has 0 aliphatic rings. The molecule has 1 atom stereocenters. The molecule has 0 unspecified atom stereocenters. The van der Waals surface area contributed by atoms with E-state index in [9.17, 15) is 13.6 Å². The summed E-state index contributed by atoms with van der Waals surface area (Å²) in [5, 5.41) is 0. The molecule has 0 bridgehead atoms. The second-order valence-electron chi connectivity index (χ2n) is 5.83. The van der Waals surface area contributed by atoms with Crippen LogP contribution in [0.4, 0.5) is 14.5 Å². The maximum atomic E-state index is 13.3. The predicted molar refractivity (Wildman–Crippen MR) is 100 cm³/mol. The van der Waals surface area contributed by atoms with Gasteiger partial charge in [0.2, 0.25) is 5.91 Å². The van der Waals surface area contributed by atoms with Crippen LogP contribution in [-0.4, -0.2) is 23.5 Å². The van der Waals surface area contributed by atoms with Crippen LogP contribution < -0.4 is 10.6 Å². The summed E-state index contributed by atoms with van der Waals surface area (Å²) in [6, 6.07) is 7.70. The van der Waals surface area contributed by atoms with Crippen LogP contribution in [0.5, 0.6) is 0 Å². The number of carbonyl (C=O) groups excluding carboxylic acids is 1. The normalized spacial score (nSPS) is 12.1. The summed E-state index contributed by atoms with van der Waals surface area (Å²) in [5.74, 6) is -1.75. The Balaban J connectivity index is 1.84. The number of fused-ring (bicyclic) bond motifs is 1. The van der Waals surface area contributed by atoms with Crippen LogP contribution in [0.1, 0.15) is 5.56 Å². The van der Waals surface area contributed by atoms with Crippen LogP contribution in [0, 0.1) is 11.6 Å². The molecule has 0 aliphatic carbocycles. The zero-order valence-electron chi connectivity index (χ0n) is 13.9. The molecule has 0 radical (unpaired) electrons. The first-order valence-electron chi connectivity index (χ1n) is 7.94. The molecule has 2 N–H and O–H groups in total. The Hall–Kier alpha value is -2.64. The molecule has 134 valence electrons. The molecule has 3 rings (SSSR count). The maximum Gasteiger partial charge on any atom is 0.244 e. The number of nitrogens with zero attached hydrogens (tertiary/aromatic N) is 2. The average Bonchev–Trinajstić information content (AvgIpc) is 3.05. The Labute approximate surface area is 153 Å². The molecule has 0 spiro atoms. The fourth-order valence-corrected chi connectivity index (χ4v) is 3.39. The molecule has 7 heteroatoms. The fraction of sp³-hybridized carbons (Fsp3) is 0.158. The maximum absolute atomic E-state index is 13.3. The third-order valence-corrected chi connectivity index (χ3v) is 4.71. The molecule has 26 heavy (non-hydrogen) atoms. The molecule has 1 aromatic heterocycles. The van der Waals surface area contributed by atoms with E-state index in [4.69, 9.17) is 5.73 Å². The number of thiazole rings is 1. The molecule has 0 saturated heterocycles. The molecule has 0 aliphatic heterocycles. The minimum absolute atomic E-state index is 0.0279. The Kier molecular flexibility index (Phi) is 5.39. The first-order valence-corrected chi connectivity index (χ1v) is 8.82. The van der Waals surface area contributed by atoms with Gasteiger partial charge in [-0.1, -0.05) is 6.08 Å². The van der Waals surface area contributed by atoms with Gasteiger partial charge in [0.05, 0.1) is 21.8 Å². The van der Waals surface area contributed by atoms with Gasteiger partial charge in [0, 0.05) is 18.3 Å². The number of amides is 1. The Morgan fingerprint density at radius 3 is 2.69 bits per heavy atom. The fourth-order valence-electron chi connectivity index (χ4n) is 2.74. The summed E-state index contributed by atoms with van der Waals surface area (Å²) in [5.41, 5.74) is 9.53. The van der Waals surface area contributed by atoms with Crippen molar-refractivity contribution in [1.29, 1.82) is 0 Å². The van der Waals surface area contributed by atoms with Gasteiger partial charge in [0.1, 0.15) is 11.6 Å². The van der Waals surface area contributed by atoms with E-state index in [1.165, 1.54) is 28.4 Å². The summed E-state index contributed by atoms with van der Waals surface area (Å²) in [7, 11) is 0. The van der Waals surface area contributed by atoms with E-state index in [2.05, 4.69) is 11.6 Å². The number of aromatic nitrogens is 1. The quantitative estimate of drug-likeness (QED) is 0.671. The zero-order valence-corrected chi connectivity index (χ0v) is 14.7. The molecular formula is C19H17F2N3OS. The van der Waals surface area contributed by atoms with Crippen molar-refractivity contribution in [3.63, 3.8) is 0 Å². The summed E-state index contributed by atoms with van der Waals surface area (Å²) in [6.07, 6.45) is 1.62. The van der Waals surface area contributed by atoms with Crippen molar-refractivity contribution in [2.24, 2.45) is 5.73 Å². The second-order valence-corrected chi connectivity index (χ2v) is 6.72. The second kappa shape index (κ2) is 7.72. The van der Waals surface area contributed by atoms with Crippen LogP contribution in [0.25, 0.3) is 10.2 Å². The van der Waals surface area contributed by atoms with Gasteiger partial charge in [-0.2, -0.15) is 0 Å². The zero-order chi connectivity index (χ0) is 18.7. The highest BCUT2D eigenvalue weighted by molar-refractivity contribution is 7.16. The van der Waals surface area contributed by atoms with Crippen molar-refractivity contribution in [2.45, 2.75) is 12.5 Å². The number of halogens is 2. The summed E-state index contributed by atoms with van der Waals surface area (Å²) >= 11 is 1.51. The topological polar surface area (TPSA) is 59.2 Å². The van der Waals surface area contributed by atoms with E-state index in [0.29, 0.717) is 11.3 Å². The lowest BCUT2D eigenvalue weighted by Crippen LogP contribution is -2.45. The van der Waals surface area contributed by atoms with Crippen molar-refractivity contribution >= 4 is 33.1 Å². The standard InChI is InChI=1S/C19H17F2N3OS/c1-2-5-24(15-3-4-18-17(10-15)23-11-26-18)19(25)16(22)8-12-6-13(20)9-14(21)7-12/h2-4,6-7,9-11,16H,1,5,8,22H2/t16-/m0/s1. The molecule has 4 nitrogen and oxygen atoms in total. The van der Waals surface area contributed by atoms with E-state index in [1.807, 2.05) is 18.2 Å². The Morgan fingerprint density at radius 2 is 2.00 bits per heavy atom. The van der Waals surface area contributed by atoms with Crippen LogP contribution in [0.15, 0.2) is 54.6 Å². The molecule has 0 saturated carbocycles. The van der Waals surface area contributed by atoms with E-state index < -0.39 is 17.7 Å². The average molecular weight is 373 g/mol. The van der Waals surface area contributed by atoms with Crippen LogP contribution in [-0.2, 0) is 11.2 Å². The molecule has 1 heterocycles. The number of nitrogens with two attached hydrogens (primary N) is 1. The molecule has 3 aromatic rings. The van der Waals surface area contributed by atoms with Crippen LogP contribution in [0.2, 0.25) is 0 Å². The van der Waals surface area contributed by atoms with Crippen molar-refractivity contribution in [2.75, 3.05) is 11.4 Å². The summed E-state index contributed by atoms with van der Waals surface area (Å²) in [6.45, 7) is 3.94. The van der Waals surface area contributed by atoms with Gasteiger partial charge >= 0.3 is 0 Å². The number of hydrogen-bond acceptors (Lipinski definition) is 4. The molecule has 1 amide bonds. The van der Waals surface area contributed by atoms with Gasteiger partial charge in [-0.25, -0.2) is 13.8 Å². The minimum atomic E-state index is -0.942. The summed E-state index contributed by atoms with van der Waals surface area (Å²) in [4.78, 5) is 18.6. The Morgan fingerprint density at radius 1 is 1.27 bits per heavy atom. The molecule has 0 fully saturated rings. The number of carbonyl (C=O) groups is 1. The van der Waals surface area contributed by atoms with Crippen LogP contribution >= 0.6 is 11.3 Å². The third-order valence-electron chi connectivity index (χ3n) is 3.90. The number of anilines is 1. The number of rotatable bonds is 6. The lowest BCUT2D eigenvalue weighted by molar-refractivity contribution is -0.119. The number of benzene rings is 2. The minimum Gasteiger partial charge on any atom is -0.320 e. The largest absolute Gasteiger partial charge is 0.320 e. The van der Waals surface area contributed by atoms with Crippen molar-refractivity contribution < 1.29 is 13.6 Å². The van der Waals surface area contributed by atoms with Gasteiger partial charge in [-0.05, 0) is 42.3 Å². The van der Waals surface area contributed by atoms with Crippen LogP contribution in [0.3, 0.4) is 0 Å². The molecular weight excluding hydrogens is 356 g/mol. The molecule has 2 aromatic carbocycles. The highest BCUT2D eigenvalue weighted by Crippen LogP contribution is 2.25. The lowest BCUT2D eigenvalue weighted by Gasteiger charge is -2.25. The Bertz CT molecular complexity index is 937. The van der Waals surface area contributed by atoms with Gasteiger partial charge in [-0.15, -0.1) is 17.9 Å². The SMILES string of the molecule is C=CCN(C(=O)[C@@H](N)Cc1cc(F)cc(F)c1)c1ccc2scnc2c1. The monoisotopic (exact) mass is 373 g/mol. The van der Waals surface area contributed by atoms with Gasteiger partial charge in [0.25, 0.3) is 0 Å². The number of hydrogen-bond donors (Lipinski definition) is 1. The van der Waals surface area contributed by atoms with Gasteiger partial charge in [-0.3, -0.25) is 4.79 Å². The van der Waals surface area contributed by atoms with E-state index >= 15 is 0 Å². The third kappa shape index (κ3) is 3.95.